The fourth-order valence-electron chi connectivity index (χ4n) is 3.18. The molecule has 176 valence electrons. The molecule has 0 spiro atoms. The summed E-state index contributed by atoms with van der Waals surface area (Å²) in [4.78, 5) is 54.2. The van der Waals surface area contributed by atoms with Crippen LogP contribution in [-0.2, 0) is 30.2 Å². The van der Waals surface area contributed by atoms with E-state index >= 15 is 0 Å². The maximum Gasteiger partial charge on any atom is 0.412 e. The van der Waals surface area contributed by atoms with Gasteiger partial charge >= 0.3 is 11.8 Å². The van der Waals surface area contributed by atoms with Gasteiger partial charge in [-0.15, -0.1) is 0 Å². The predicted molar refractivity (Wildman–Crippen MR) is 122 cm³/mol. The molecule has 0 aliphatic heterocycles. The van der Waals surface area contributed by atoms with Crippen LogP contribution in [0.5, 0.6) is 5.75 Å². The number of rotatable bonds is 5. The first-order valence-electron chi connectivity index (χ1n) is 10.00. The summed E-state index contributed by atoms with van der Waals surface area (Å²) in [5.74, 6) is -0.255. The molecule has 2 N–H and O–H groups in total. The number of imidazole rings is 1. The van der Waals surface area contributed by atoms with Gasteiger partial charge in [-0.1, -0.05) is 0 Å². The molecular weight excluding hydrogens is 432 g/mol. The fourth-order valence-corrected chi connectivity index (χ4v) is 3.18. The number of amides is 2. The number of aromatic nitrogens is 4. The van der Waals surface area contributed by atoms with Crippen LogP contribution in [0.3, 0.4) is 0 Å². The molecule has 0 bridgehead atoms. The Balaban J connectivity index is 1.84. The Bertz CT molecular complexity index is 1340. The number of aryl methyl sites for hydroxylation is 2. The number of hydrogen-bond acceptors (Lipinski definition) is 7. The number of ether oxygens (including phenoxy) is 2. The number of carbonyl (C=O) groups excluding carboxylic acids is 2. The third-order valence-electron chi connectivity index (χ3n) is 4.62. The Kier molecular flexibility index (Phi) is 6.29. The highest BCUT2D eigenvalue weighted by Gasteiger charge is 2.19. The van der Waals surface area contributed by atoms with Gasteiger partial charge in [0.1, 0.15) is 17.9 Å². The normalized spacial score (nSPS) is 11.3. The van der Waals surface area contributed by atoms with E-state index in [9.17, 15) is 19.2 Å². The molecule has 0 unspecified atom stereocenters. The molecule has 0 saturated carbocycles. The molecule has 0 aliphatic rings. The van der Waals surface area contributed by atoms with E-state index < -0.39 is 35.4 Å². The zero-order valence-corrected chi connectivity index (χ0v) is 19.3. The fraction of sp³-hybridized carbons (Fsp3) is 0.381. The Morgan fingerprint density at radius 3 is 2.45 bits per heavy atom. The Morgan fingerprint density at radius 2 is 1.82 bits per heavy atom. The molecule has 0 saturated heterocycles. The first-order valence-corrected chi connectivity index (χ1v) is 10.00. The highest BCUT2D eigenvalue weighted by Crippen LogP contribution is 2.28. The minimum Gasteiger partial charge on any atom is -0.495 e. The largest absolute Gasteiger partial charge is 0.495 e. The van der Waals surface area contributed by atoms with Crippen LogP contribution in [0.1, 0.15) is 20.8 Å². The summed E-state index contributed by atoms with van der Waals surface area (Å²) in [6, 6.07) is 4.59. The van der Waals surface area contributed by atoms with Gasteiger partial charge in [0, 0.05) is 19.8 Å². The van der Waals surface area contributed by atoms with Crippen molar-refractivity contribution >= 4 is 34.5 Å². The van der Waals surface area contributed by atoms with Crippen molar-refractivity contribution in [1.29, 1.82) is 0 Å². The van der Waals surface area contributed by atoms with Crippen molar-refractivity contribution < 1.29 is 19.1 Å². The van der Waals surface area contributed by atoms with E-state index in [0.29, 0.717) is 11.4 Å². The van der Waals surface area contributed by atoms with Gasteiger partial charge in [0.05, 0.1) is 19.1 Å². The smallest absolute Gasteiger partial charge is 0.412 e. The minimum atomic E-state index is -0.697. The SMILES string of the molecule is COc1ccc(NC(=O)Cn2c(=O)c3c(ncn3C)n(C)c2=O)cc1NC(=O)OC(C)(C)C. The Morgan fingerprint density at radius 1 is 1.12 bits per heavy atom. The summed E-state index contributed by atoms with van der Waals surface area (Å²) in [6.07, 6.45) is 0.732. The predicted octanol–water partition coefficient (Wildman–Crippen LogP) is 1.43. The Hall–Kier alpha value is -4.09. The maximum absolute atomic E-state index is 12.8. The quantitative estimate of drug-likeness (QED) is 0.590. The van der Waals surface area contributed by atoms with Crippen molar-refractivity contribution in [2.24, 2.45) is 14.1 Å². The zero-order valence-electron chi connectivity index (χ0n) is 19.3. The van der Waals surface area contributed by atoms with E-state index in [2.05, 4.69) is 15.6 Å². The second-order valence-corrected chi connectivity index (χ2v) is 8.35. The van der Waals surface area contributed by atoms with Crippen LogP contribution in [-0.4, -0.2) is 43.4 Å². The molecule has 2 amide bonds. The molecule has 2 heterocycles. The summed E-state index contributed by atoms with van der Waals surface area (Å²) in [5.41, 5.74) is -0.950. The van der Waals surface area contributed by atoms with Crippen LogP contribution >= 0.6 is 0 Å². The topological polar surface area (TPSA) is 138 Å². The van der Waals surface area contributed by atoms with E-state index in [4.69, 9.17) is 9.47 Å². The molecule has 0 aliphatic carbocycles. The average Bonchev–Trinajstić information content (AvgIpc) is 3.10. The van der Waals surface area contributed by atoms with Crippen molar-refractivity contribution in [3.8, 4) is 5.75 Å². The maximum atomic E-state index is 12.8. The molecule has 12 heteroatoms. The van der Waals surface area contributed by atoms with E-state index in [0.717, 1.165) is 4.57 Å². The van der Waals surface area contributed by atoms with Gasteiger partial charge < -0.3 is 19.4 Å². The summed E-state index contributed by atoms with van der Waals surface area (Å²) in [7, 11) is 4.54. The third kappa shape index (κ3) is 5.05. The second-order valence-electron chi connectivity index (χ2n) is 8.35. The van der Waals surface area contributed by atoms with Gasteiger partial charge in [0.2, 0.25) is 5.91 Å². The zero-order chi connectivity index (χ0) is 24.5. The van der Waals surface area contributed by atoms with Gasteiger partial charge in [0.15, 0.2) is 11.2 Å². The van der Waals surface area contributed by atoms with E-state index in [-0.39, 0.29) is 16.9 Å². The average molecular weight is 458 g/mol. The van der Waals surface area contributed by atoms with Crippen molar-refractivity contribution in [2.75, 3.05) is 17.7 Å². The molecule has 0 atom stereocenters. The van der Waals surface area contributed by atoms with Crippen LogP contribution < -0.4 is 26.6 Å². The summed E-state index contributed by atoms with van der Waals surface area (Å²) in [6.45, 7) is 4.69. The highest BCUT2D eigenvalue weighted by molar-refractivity contribution is 5.93. The van der Waals surface area contributed by atoms with E-state index in [1.54, 1.807) is 40.0 Å². The van der Waals surface area contributed by atoms with Crippen LogP contribution in [0.15, 0.2) is 34.1 Å². The number of fused-ring (bicyclic) bond motifs is 1. The first-order chi connectivity index (χ1) is 15.4. The van der Waals surface area contributed by atoms with Crippen LogP contribution in [0.25, 0.3) is 11.2 Å². The molecule has 1 aromatic carbocycles. The van der Waals surface area contributed by atoms with Gasteiger partial charge in [-0.3, -0.25) is 19.5 Å². The van der Waals surface area contributed by atoms with E-state index in [1.165, 1.54) is 35.7 Å². The summed E-state index contributed by atoms with van der Waals surface area (Å²) >= 11 is 0. The number of hydrogen-bond donors (Lipinski definition) is 2. The number of nitrogens with one attached hydrogen (secondary N) is 2. The molecule has 33 heavy (non-hydrogen) atoms. The molecule has 3 rings (SSSR count). The lowest BCUT2D eigenvalue weighted by Crippen LogP contribution is -2.42. The van der Waals surface area contributed by atoms with Gasteiger partial charge in [-0.2, -0.15) is 0 Å². The van der Waals surface area contributed by atoms with Crippen molar-refractivity contribution in [1.82, 2.24) is 18.7 Å². The lowest BCUT2D eigenvalue weighted by atomic mass is 10.2. The lowest BCUT2D eigenvalue weighted by Gasteiger charge is -2.20. The number of nitrogens with zero attached hydrogens (tertiary/aromatic N) is 4. The lowest BCUT2D eigenvalue weighted by molar-refractivity contribution is -0.116. The van der Waals surface area contributed by atoms with Crippen LogP contribution in [0, 0.1) is 0 Å². The molecular formula is C21H26N6O6. The summed E-state index contributed by atoms with van der Waals surface area (Å²) in [5, 5.41) is 5.19. The van der Waals surface area contributed by atoms with Crippen LogP contribution in [0.2, 0.25) is 0 Å². The van der Waals surface area contributed by atoms with Crippen LogP contribution in [0.4, 0.5) is 16.2 Å². The van der Waals surface area contributed by atoms with Gasteiger partial charge in [-0.05, 0) is 39.0 Å². The van der Waals surface area contributed by atoms with E-state index in [1.807, 2.05) is 0 Å². The molecule has 0 radical (unpaired) electrons. The standard InChI is InChI=1S/C21H26N6O6/c1-21(2,3)33-19(30)24-13-9-12(7-8-14(13)32-6)23-15(28)10-27-18(29)16-17(22-11-25(16)4)26(5)20(27)31/h7-9,11H,10H2,1-6H3,(H,23,28)(H,24,30). The second kappa shape index (κ2) is 8.81. The van der Waals surface area contributed by atoms with Crippen molar-refractivity contribution in [3.63, 3.8) is 0 Å². The number of carbonyl (C=O) groups is 2. The molecule has 12 nitrogen and oxygen atoms in total. The number of benzene rings is 1. The Labute approximate surface area is 188 Å². The van der Waals surface area contributed by atoms with Gasteiger partial charge in [0.25, 0.3) is 5.56 Å². The minimum absolute atomic E-state index is 0.207. The molecule has 3 aromatic rings. The number of anilines is 2. The van der Waals surface area contributed by atoms with Crippen molar-refractivity contribution in [3.05, 3.63) is 45.4 Å². The first kappa shape index (κ1) is 23.6. The molecule has 2 aromatic heterocycles. The highest BCUT2D eigenvalue weighted by atomic mass is 16.6. The van der Waals surface area contributed by atoms with Gasteiger partial charge in [-0.25, -0.2) is 19.1 Å². The van der Waals surface area contributed by atoms with Crippen molar-refractivity contribution in [2.45, 2.75) is 32.9 Å². The molecule has 0 fully saturated rings. The summed E-state index contributed by atoms with van der Waals surface area (Å²) < 4.78 is 14.0. The third-order valence-corrected chi connectivity index (χ3v) is 4.62. The number of methoxy groups -OCH3 is 1. The monoisotopic (exact) mass is 458 g/mol.